The smallest absolute Gasteiger partial charge is 0.272 e. The molecule has 0 unspecified atom stereocenters. The molecule has 1 N–H and O–H groups in total. The van der Waals surface area contributed by atoms with E-state index in [4.69, 9.17) is 0 Å². The zero-order valence-electron chi connectivity index (χ0n) is 11.4. The Morgan fingerprint density at radius 1 is 1.47 bits per heavy atom. The number of nitrogens with one attached hydrogen (secondary N) is 1. The Balaban J connectivity index is 2.02. The van der Waals surface area contributed by atoms with Gasteiger partial charge in [-0.3, -0.25) is 14.5 Å². The molecule has 2 aromatic rings. The van der Waals surface area contributed by atoms with E-state index >= 15 is 0 Å². The zero-order valence-corrected chi connectivity index (χ0v) is 11.4. The quantitative estimate of drug-likeness (QED) is 0.913. The molecule has 0 saturated heterocycles. The molecule has 0 aliphatic heterocycles. The first-order valence-corrected chi connectivity index (χ1v) is 6.31. The molecule has 2 rings (SSSR count). The van der Waals surface area contributed by atoms with Gasteiger partial charge < -0.3 is 5.32 Å². The van der Waals surface area contributed by atoms with Crippen molar-refractivity contribution in [2.45, 2.75) is 33.4 Å². The van der Waals surface area contributed by atoms with Crippen LogP contribution in [0.25, 0.3) is 0 Å². The highest BCUT2D eigenvalue weighted by atomic mass is 16.1. The van der Waals surface area contributed by atoms with Crippen LogP contribution < -0.4 is 5.32 Å². The van der Waals surface area contributed by atoms with Gasteiger partial charge in [-0.15, -0.1) is 0 Å². The molecule has 0 spiro atoms. The fourth-order valence-corrected chi connectivity index (χ4v) is 1.90. The molecule has 1 amide bonds. The normalized spacial score (nSPS) is 10.7. The maximum Gasteiger partial charge on any atom is 0.272 e. The molecule has 0 fully saturated rings. The molecule has 2 heterocycles. The van der Waals surface area contributed by atoms with Gasteiger partial charge in [0.1, 0.15) is 5.69 Å². The van der Waals surface area contributed by atoms with Gasteiger partial charge in [0.05, 0.1) is 0 Å². The van der Waals surface area contributed by atoms with Crippen molar-refractivity contribution in [2.24, 2.45) is 0 Å². The van der Waals surface area contributed by atoms with Crippen molar-refractivity contribution in [1.29, 1.82) is 0 Å². The summed E-state index contributed by atoms with van der Waals surface area (Å²) in [5.41, 5.74) is 2.41. The van der Waals surface area contributed by atoms with Crippen LogP contribution >= 0.6 is 0 Å². The van der Waals surface area contributed by atoms with Gasteiger partial charge in [-0.2, -0.15) is 5.10 Å². The van der Waals surface area contributed by atoms with E-state index in [1.54, 1.807) is 18.5 Å². The second-order valence-electron chi connectivity index (χ2n) is 4.75. The van der Waals surface area contributed by atoms with Crippen molar-refractivity contribution >= 4 is 5.91 Å². The van der Waals surface area contributed by atoms with Gasteiger partial charge in [-0.05, 0) is 38.5 Å². The Labute approximate surface area is 112 Å². The summed E-state index contributed by atoms with van der Waals surface area (Å²) in [5, 5.41) is 7.15. The maximum absolute atomic E-state index is 12.0. The number of amides is 1. The Morgan fingerprint density at radius 3 is 2.84 bits per heavy atom. The standard InChI is InChI=1S/C14H18N4O/c1-10(2)18-11(3)7-13(17-18)14(19)16-9-12-5-4-6-15-8-12/h4-8,10H,9H2,1-3H3,(H,16,19). The van der Waals surface area contributed by atoms with Crippen LogP contribution in [0.5, 0.6) is 0 Å². The van der Waals surface area contributed by atoms with Crippen LogP contribution in [-0.4, -0.2) is 20.7 Å². The molecular weight excluding hydrogens is 240 g/mol. The van der Waals surface area contributed by atoms with E-state index in [0.29, 0.717) is 12.2 Å². The molecule has 5 nitrogen and oxygen atoms in total. The first kappa shape index (κ1) is 13.3. The van der Waals surface area contributed by atoms with Crippen LogP contribution in [0.15, 0.2) is 30.6 Å². The number of aromatic nitrogens is 3. The third-order valence-electron chi connectivity index (χ3n) is 2.82. The third-order valence-corrected chi connectivity index (χ3v) is 2.82. The first-order valence-electron chi connectivity index (χ1n) is 6.31. The molecule has 0 aliphatic rings. The molecule has 100 valence electrons. The molecule has 0 bridgehead atoms. The summed E-state index contributed by atoms with van der Waals surface area (Å²) < 4.78 is 1.85. The minimum absolute atomic E-state index is 0.161. The largest absolute Gasteiger partial charge is 0.347 e. The van der Waals surface area contributed by atoms with Crippen LogP contribution in [0.2, 0.25) is 0 Å². The molecule has 0 atom stereocenters. The monoisotopic (exact) mass is 258 g/mol. The number of rotatable bonds is 4. The van der Waals surface area contributed by atoms with Crippen LogP contribution in [0, 0.1) is 6.92 Å². The lowest BCUT2D eigenvalue weighted by atomic mass is 10.3. The lowest BCUT2D eigenvalue weighted by Gasteiger charge is -2.07. The van der Waals surface area contributed by atoms with Crippen molar-refractivity contribution < 1.29 is 4.79 Å². The van der Waals surface area contributed by atoms with Gasteiger partial charge in [0, 0.05) is 30.7 Å². The minimum Gasteiger partial charge on any atom is -0.347 e. The number of pyridine rings is 1. The summed E-state index contributed by atoms with van der Waals surface area (Å²) >= 11 is 0. The number of carbonyl (C=O) groups excluding carboxylic acids is 1. The summed E-state index contributed by atoms with van der Waals surface area (Å²) in [6.45, 7) is 6.49. The first-order chi connectivity index (χ1) is 9.08. The van der Waals surface area contributed by atoms with Crippen molar-refractivity contribution in [2.75, 3.05) is 0 Å². The summed E-state index contributed by atoms with van der Waals surface area (Å²) in [4.78, 5) is 16.0. The van der Waals surface area contributed by atoms with Gasteiger partial charge in [0.15, 0.2) is 0 Å². The van der Waals surface area contributed by atoms with Gasteiger partial charge in [0.25, 0.3) is 5.91 Å². The number of hydrogen-bond donors (Lipinski definition) is 1. The van der Waals surface area contributed by atoms with Crippen LogP contribution in [0.4, 0.5) is 0 Å². The summed E-state index contributed by atoms with van der Waals surface area (Å²) in [5.74, 6) is -0.161. The molecule has 0 radical (unpaired) electrons. The SMILES string of the molecule is Cc1cc(C(=O)NCc2cccnc2)nn1C(C)C. The topological polar surface area (TPSA) is 59.8 Å². The zero-order chi connectivity index (χ0) is 13.8. The lowest BCUT2D eigenvalue weighted by Crippen LogP contribution is -2.23. The van der Waals surface area contributed by atoms with Crippen LogP contribution in [-0.2, 0) is 6.54 Å². The molecule has 0 aliphatic carbocycles. The van der Waals surface area contributed by atoms with E-state index < -0.39 is 0 Å². The average Bonchev–Trinajstić information content (AvgIpc) is 2.79. The molecule has 0 aromatic carbocycles. The van der Waals surface area contributed by atoms with E-state index in [-0.39, 0.29) is 11.9 Å². The van der Waals surface area contributed by atoms with E-state index in [0.717, 1.165) is 11.3 Å². The van der Waals surface area contributed by atoms with E-state index in [1.165, 1.54) is 0 Å². The number of hydrogen-bond acceptors (Lipinski definition) is 3. The Hall–Kier alpha value is -2.17. The molecular formula is C14H18N4O. The van der Waals surface area contributed by atoms with Crippen molar-refractivity contribution in [3.05, 3.63) is 47.5 Å². The van der Waals surface area contributed by atoms with Gasteiger partial charge in [-0.1, -0.05) is 6.07 Å². The van der Waals surface area contributed by atoms with Crippen molar-refractivity contribution in [1.82, 2.24) is 20.1 Å². The Kier molecular flexibility index (Phi) is 3.94. The minimum atomic E-state index is -0.161. The van der Waals surface area contributed by atoms with Crippen molar-refractivity contribution in [3.8, 4) is 0 Å². The fraction of sp³-hybridized carbons (Fsp3) is 0.357. The van der Waals surface area contributed by atoms with Crippen LogP contribution in [0.3, 0.4) is 0 Å². The van der Waals surface area contributed by atoms with Gasteiger partial charge >= 0.3 is 0 Å². The predicted octanol–water partition coefficient (Wildman–Crippen LogP) is 2.10. The number of carbonyl (C=O) groups is 1. The van der Waals surface area contributed by atoms with E-state index in [2.05, 4.69) is 15.4 Å². The van der Waals surface area contributed by atoms with Crippen LogP contribution in [0.1, 0.15) is 41.6 Å². The summed E-state index contributed by atoms with van der Waals surface area (Å²) in [6.07, 6.45) is 3.44. The average molecular weight is 258 g/mol. The molecule has 0 saturated carbocycles. The fourth-order valence-electron chi connectivity index (χ4n) is 1.90. The third kappa shape index (κ3) is 3.19. The summed E-state index contributed by atoms with van der Waals surface area (Å²) in [6, 6.07) is 5.82. The van der Waals surface area contributed by atoms with E-state index in [9.17, 15) is 4.79 Å². The second kappa shape index (κ2) is 5.65. The van der Waals surface area contributed by atoms with Crippen molar-refractivity contribution in [3.63, 3.8) is 0 Å². The highest BCUT2D eigenvalue weighted by Crippen LogP contribution is 2.10. The second-order valence-corrected chi connectivity index (χ2v) is 4.75. The highest BCUT2D eigenvalue weighted by Gasteiger charge is 2.13. The number of nitrogens with zero attached hydrogens (tertiary/aromatic N) is 3. The molecule has 5 heteroatoms. The Morgan fingerprint density at radius 2 is 2.26 bits per heavy atom. The lowest BCUT2D eigenvalue weighted by molar-refractivity contribution is 0.0945. The Bertz CT molecular complexity index is 560. The van der Waals surface area contributed by atoms with E-state index in [1.807, 2.05) is 37.6 Å². The highest BCUT2D eigenvalue weighted by molar-refractivity contribution is 5.92. The number of aryl methyl sites for hydroxylation is 1. The van der Waals surface area contributed by atoms with Gasteiger partial charge in [-0.25, -0.2) is 0 Å². The molecule has 2 aromatic heterocycles. The predicted molar refractivity (Wildman–Crippen MR) is 72.8 cm³/mol. The molecule has 19 heavy (non-hydrogen) atoms. The maximum atomic E-state index is 12.0. The summed E-state index contributed by atoms with van der Waals surface area (Å²) in [7, 11) is 0. The van der Waals surface area contributed by atoms with Gasteiger partial charge in [0.2, 0.25) is 0 Å².